The van der Waals surface area contributed by atoms with Gasteiger partial charge in [-0.2, -0.15) is 0 Å². The fourth-order valence-corrected chi connectivity index (χ4v) is 10.8. The molecule has 2 unspecified atom stereocenters. The van der Waals surface area contributed by atoms with Crippen molar-refractivity contribution in [1.29, 1.82) is 0 Å². The molecule has 4 aliphatic rings. The summed E-state index contributed by atoms with van der Waals surface area (Å²) in [6, 6.07) is 35.3. The molecule has 0 radical (unpaired) electrons. The number of benzene rings is 4. The molecular weight excluding hydrogens is 813 g/mol. The van der Waals surface area contributed by atoms with Crippen molar-refractivity contribution in [2.75, 3.05) is 39.3 Å². The highest BCUT2D eigenvalue weighted by Crippen LogP contribution is 2.39. The summed E-state index contributed by atoms with van der Waals surface area (Å²) in [6.45, 7) is 4.94. The predicted molar refractivity (Wildman–Crippen MR) is 251 cm³/mol. The number of nitrogens with one attached hydrogen (secondary N) is 2. The Kier molecular flexibility index (Phi) is 12.4. The molecule has 4 aromatic carbocycles. The molecule has 0 spiro atoms. The zero-order valence-electron chi connectivity index (χ0n) is 36.9. The van der Waals surface area contributed by atoms with E-state index in [0.717, 1.165) is 117 Å². The first-order valence-electron chi connectivity index (χ1n) is 23.7. The second kappa shape index (κ2) is 19.0. The van der Waals surface area contributed by atoms with Gasteiger partial charge in [-0.05, 0) is 105 Å². The summed E-state index contributed by atoms with van der Waals surface area (Å²) in [4.78, 5) is 66.7. The van der Waals surface area contributed by atoms with Crippen molar-refractivity contribution in [3.63, 3.8) is 0 Å². The van der Waals surface area contributed by atoms with E-state index in [9.17, 15) is 19.5 Å². The molecule has 0 saturated carbocycles. The van der Waals surface area contributed by atoms with Gasteiger partial charge in [0.05, 0.1) is 24.0 Å². The second-order valence-electron chi connectivity index (χ2n) is 18.2. The molecule has 12 heteroatoms. The third kappa shape index (κ3) is 8.77. The number of imidazole rings is 2. The van der Waals surface area contributed by atoms with Crippen LogP contribution in [0.15, 0.2) is 115 Å². The zero-order chi connectivity index (χ0) is 44.3. The number of carbonyl (C=O) groups is 3. The Morgan fingerprint density at radius 3 is 1.48 bits per heavy atom. The van der Waals surface area contributed by atoms with Crippen LogP contribution >= 0.6 is 0 Å². The average Bonchev–Trinajstić information content (AvgIpc) is 4.21. The van der Waals surface area contributed by atoms with Crippen LogP contribution < -0.4 is 0 Å². The van der Waals surface area contributed by atoms with Crippen LogP contribution in [0.3, 0.4) is 0 Å². The number of aromatic amines is 2. The lowest BCUT2D eigenvalue weighted by Crippen LogP contribution is -2.44. The van der Waals surface area contributed by atoms with Gasteiger partial charge in [0, 0.05) is 18.7 Å². The number of aromatic nitrogens is 4. The van der Waals surface area contributed by atoms with Gasteiger partial charge in [-0.3, -0.25) is 19.4 Å². The van der Waals surface area contributed by atoms with E-state index in [1.807, 2.05) is 88.8 Å². The number of carboxylic acid groups (broad SMARTS) is 1. The van der Waals surface area contributed by atoms with Crippen LogP contribution in [-0.4, -0.2) is 102 Å². The molecule has 10 rings (SSSR count). The van der Waals surface area contributed by atoms with Gasteiger partial charge in [-0.25, -0.2) is 14.8 Å². The van der Waals surface area contributed by atoms with Crippen molar-refractivity contribution in [1.82, 2.24) is 39.5 Å². The van der Waals surface area contributed by atoms with E-state index in [0.29, 0.717) is 30.0 Å². The Morgan fingerprint density at radius 2 is 0.985 bits per heavy atom. The Hall–Kier alpha value is -6.37. The highest BCUT2D eigenvalue weighted by atomic mass is 16.4. The number of H-pyrrole nitrogens is 2. The molecule has 3 N–H and O–H groups in total. The summed E-state index contributed by atoms with van der Waals surface area (Å²) in [6.07, 6.45) is 12.0. The topological polar surface area (TPSA) is 142 Å². The van der Waals surface area contributed by atoms with E-state index < -0.39 is 5.97 Å². The average molecular weight is 871 g/mol. The monoisotopic (exact) mass is 870 g/mol. The van der Waals surface area contributed by atoms with Gasteiger partial charge in [0.25, 0.3) is 0 Å². The maximum absolute atomic E-state index is 14.5. The summed E-state index contributed by atoms with van der Waals surface area (Å²) in [7, 11) is 0. The van der Waals surface area contributed by atoms with Gasteiger partial charge in [0.2, 0.25) is 11.8 Å². The van der Waals surface area contributed by atoms with Crippen LogP contribution in [0.5, 0.6) is 0 Å². The van der Waals surface area contributed by atoms with Gasteiger partial charge in [-0.15, -0.1) is 0 Å². The van der Waals surface area contributed by atoms with Crippen molar-refractivity contribution < 1.29 is 19.5 Å². The van der Waals surface area contributed by atoms with Crippen molar-refractivity contribution in [3.05, 3.63) is 144 Å². The standard InChI is InChI=1S/C53H58N8O4/c62-51(47(40-15-5-1-6-16-40)58-29-9-3-10-30-58)60-33-13-19-43(60)49-54-35-42(55-49)38-25-21-36(22-26-38)37-23-27-39(28-24-37)45-46(53(64)65)57-50(56-45)44-20-14-34-61(44)52(63)48(41-17-7-2-8-18-41)59-31-11-4-12-32-59/h1-2,5-8,15-18,21-28,35,43-44,47-48H,3-4,9-14,19-20,29-34H2,(H,54,55)(H,56,57)(H,64,65)/t43-,44-,47?,48?/m0/s1. The Bertz CT molecular complexity index is 2580. The normalized spacial score (nSPS) is 20.5. The van der Waals surface area contributed by atoms with Crippen LogP contribution in [0.2, 0.25) is 0 Å². The third-order valence-corrected chi connectivity index (χ3v) is 14.1. The molecule has 2 amide bonds. The minimum absolute atomic E-state index is 0.0223. The molecule has 4 atom stereocenters. The summed E-state index contributed by atoms with van der Waals surface area (Å²) < 4.78 is 0. The predicted octanol–water partition coefficient (Wildman–Crippen LogP) is 9.61. The molecular formula is C53H58N8O4. The first-order valence-corrected chi connectivity index (χ1v) is 23.7. The Labute approximate surface area is 380 Å². The minimum Gasteiger partial charge on any atom is -0.477 e. The molecule has 6 heterocycles. The van der Waals surface area contributed by atoms with Crippen molar-refractivity contribution in [2.45, 2.75) is 88.4 Å². The Balaban J connectivity index is 0.838. The number of hydrogen-bond acceptors (Lipinski definition) is 7. The van der Waals surface area contributed by atoms with E-state index in [2.05, 4.69) is 56.2 Å². The maximum Gasteiger partial charge on any atom is 0.354 e. The van der Waals surface area contributed by atoms with Crippen LogP contribution in [0.25, 0.3) is 33.6 Å². The third-order valence-electron chi connectivity index (χ3n) is 14.1. The van der Waals surface area contributed by atoms with Gasteiger partial charge in [0.1, 0.15) is 29.4 Å². The number of carboxylic acids is 1. The van der Waals surface area contributed by atoms with E-state index in [4.69, 9.17) is 9.97 Å². The minimum atomic E-state index is -1.09. The fourth-order valence-electron chi connectivity index (χ4n) is 10.8. The van der Waals surface area contributed by atoms with Crippen LogP contribution in [0.1, 0.15) is 122 Å². The SMILES string of the molecule is O=C(O)c1[nH]c([C@@H]2CCCN2C(=O)C(c2ccccc2)N2CCCCC2)nc1-c1ccc(-c2ccc(-c3cnc([C@@H]4CCCN4C(=O)C(c4ccccc4)N4CCCCC4)[nH]3)cc2)cc1. The number of piperidine rings is 2. The number of amides is 2. The maximum atomic E-state index is 14.5. The van der Waals surface area contributed by atoms with E-state index >= 15 is 0 Å². The molecule has 0 bridgehead atoms. The van der Waals surface area contributed by atoms with Gasteiger partial charge in [-0.1, -0.05) is 122 Å². The number of carbonyl (C=O) groups excluding carboxylic acids is 2. The van der Waals surface area contributed by atoms with Gasteiger partial charge >= 0.3 is 5.97 Å². The summed E-state index contributed by atoms with van der Waals surface area (Å²) >= 11 is 0. The molecule has 4 fully saturated rings. The van der Waals surface area contributed by atoms with E-state index in [1.54, 1.807) is 0 Å². The first-order chi connectivity index (χ1) is 31.9. The molecule has 4 aliphatic heterocycles. The number of rotatable bonds is 12. The quantitative estimate of drug-likeness (QED) is 0.110. The van der Waals surface area contributed by atoms with Crippen molar-refractivity contribution in [3.8, 4) is 33.6 Å². The zero-order valence-corrected chi connectivity index (χ0v) is 36.9. The van der Waals surface area contributed by atoms with Crippen LogP contribution in [0.4, 0.5) is 0 Å². The lowest BCUT2D eigenvalue weighted by molar-refractivity contribution is -0.139. The van der Waals surface area contributed by atoms with Crippen molar-refractivity contribution >= 4 is 17.8 Å². The highest BCUT2D eigenvalue weighted by molar-refractivity contribution is 5.93. The molecule has 2 aromatic heterocycles. The molecule has 334 valence electrons. The largest absolute Gasteiger partial charge is 0.477 e. The molecule has 12 nitrogen and oxygen atoms in total. The number of hydrogen-bond donors (Lipinski definition) is 3. The number of aromatic carboxylic acids is 1. The first kappa shape index (κ1) is 42.6. The smallest absolute Gasteiger partial charge is 0.354 e. The van der Waals surface area contributed by atoms with Gasteiger partial charge in [0.15, 0.2) is 5.69 Å². The highest BCUT2D eigenvalue weighted by Gasteiger charge is 2.41. The summed E-state index contributed by atoms with van der Waals surface area (Å²) in [5, 5.41) is 10.3. The lowest BCUT2D eigenvalue weighted by Gasteiger charge is -2.37. The van der Waals surface area contributed by atoms with Gasteiger partial charge < -0.3 is 24.9 Å². The number of nitrogens with zero attached hydrogens (tertiary/aromatic N) is 6. The van der Waals surface area contributed by atoms with Crippen molar-refractivity contribution in [2.24, 2.45) is 0 Å². The summed E-state index contributed by atoms with van der Waals surface area (Å²) in [5.41, 5.74) is 7.01. The van der Waals surface area contributed by atoms with Crippen LogP contribution in [0, 0.1) is 0 Å². The number of likely N-dealkylation sites (tertiary alicyclic amines) is 4. The molecule has 0 aliphatic carbocycles. The second-order valence-corrected chi connectivity index (χ2v) is 18.2. The molecule has 65 heavy (non-hydrogen) atoms. The molecule has 6 aromatic rings. The van der Waals surface area contributed by atoms with Crippen LogP contribution in [-0.2, 0) is 9.59 Å². The Morgan fingerprint density at radius 1 is 0.523 bits per heavy atom. The molecule has 4 saturated heterocycles. The van der Waals surface area contributed by atoms with E-state index in [-0.39, 0.29) is 41.7 Å². The summed E-state index contributed by atoms with van der Waals surface area (Å²) in [5.74, 6) is 0.448. The van der Waals surface area contributed by atoms with E-state index in [1.165, 1.54) is 12.8 Å². The fraction of sp³-hybridized carbons (Fsp3) is 0.377. The lowest BCUT2D eigenvalue weighted by atomic mass is 10.00.